The van der Waals surface area contributed by atoms with Crippen LogP contribution in [0.3, 0.4) is 0 Å². The Kier molecular flexibility index (Phi) is 4.56. The molecule has 0 saturated carbocycles. The highest BCUT2D eigenvalue weighted by molar-refractivity contribution is 6.02. The van der Waals surface area contributed by atoms with Crippen LogP contribution in [0.25, 0.3) is 6.08 Å². The highest BCUT2D eigenvalue weighted by Crippen LogP contribution is 2.19. The van der Waals surface area contributed by atoms with Crippen LogP contribution in [-0.4, -0.2) is 11.8 Å². The Hall–Kier alpha value is -2.82. The highest BCUT2D eigenvalue weighted by Gasteiger charge is 2.03. The van der Waals surface area contributed by atoms with Crippen LogP contribution >= 0.6 is 0 Å². The second kappa shape index (κ2) is 6.56. The third kappa shape index (κ3) is 4.35. The molecule has 0 radical (unpaired) electrons. The maximum atomic E-state index is 11.8. The number of rotatable bonds is 4. The second-order valence-electron chi connectivity index (χ2n) is 4.55. The molecule has 0 aliphatic rings. The molecule has 0 atom stereocenters. The first-order valence-electron chi connectivity index (χ1n) is 6.45. The fourth-order valence-corrected chi connectivity index (χ4v) is 1.80. The van der Waals surface area contributed by atoms with Gasteiger partial charge in [-0.2, -0.15) is 0 Å². The molecule has 108 valence electrons. The van der Waals surface area contributed by atoms with Gasteiger partial charge in [0.15, 0.2) is 0 Å². The molecule has 1 aromatic carbocycles. The second-order valence-corrected chi connectivity index (χ2v) is 4.55. The van der Waals surface area contributed by atoms with Crippen molar-refractivity contribution in [1.82, 2.24) is 0 Å². The first kappa shape index (κ1) is 14.6. The van der Waals surface area contributed by atoms with Crippen LogP contribution in [0.2, 0.25) is 0 Å². The molecule has 2 rings (SSSR count). The van der Waals surface area contributed by atoms with Gasteiger partial charge in [-0.1, -0.05) is 0 Å². The average Bonchev–Trinajstić information content (AvgIpc) is 2.92. The molecule has 2 N–H and O–H groups in total. The van der Waals surface area contributed by atoms with Gasteiger partial charge in [0.2, 0.25) is 11.8 Å². The van der Waals surface area contributed by atoms with Crippen molar-refractivity contribution in [2.75, 3.05) is 10.6 Å². The summed E-state index contributed by atoms with van der Waals surface area (Å²) in [5.41, 5.74) is 2.26. The van der Waals surface area contributed by atoms with Gasteiger partial charge in [-0.15, -0.1) is 0 Å². The van der Waals surface area contributed by atoms with E-state index in [1.165, 1.54) is 13.0 Å². The first-order valence-corrected chi connectivity index (χ1v) is 6.45. The zero-order valence-corrected chi connectivity index (χ0v) is 11.8. The summed E-state index contributed by atoms with van der Waals surface area (Å²) in [6, 6.07) is 8.79. The molecule has 0 bridgehead atoms. The van der Waals surface area contributed by atoms with E-state index >= 15 is 0 Å². The van der Waals surface area contributed by atoms with Crippen LogP contribution in [0, 0.1) is 6.92 Å². The minimum absolute atomic E-state index is 0.128. The summed E-state index contributed by atoms with van der Waals surface area (Å²) >= 11 is 0. The summed E-state index contributed by atoms with van der Waals surface area (Å²) in [7, 11) is 0. The van der Waals surface area contributed by atoms with Crippen molar-refractivity contribution in [1.29, 1.82) is 0 Å². The molecule has 0 saturated heterocycles. The first-order chi connectivity index (χ1) is 10.0. The van der Waals surface area contributed by atoms with E-state index in [9.17, 15) is 9.59 Å². The molecule has 21 heavy (non-hydrogen) atoms. The van der Waals surface area contributed by atoms with Crippen LogP contribution in [0.4, 0.5) is 11.4 Å². The molecule has 1 heterocycles. The van der Waals surface area contributed by atoms with Crippen molar-refractivity contribution >= 4 is 29.3 Å². The minimum atomic E-state index is -0.252. The Bertz CT molecular complexity index is 673. The van der Waals surface area contributed by atoms with E-state index in [0.717, 1.165) is 11.3 Å². The lowest BCUT2D eigenvalue weighted by Gasteiger charge is -2.09. The van der Waals surface area contributed by atoms with Gasteiger partial charge in [0, 0.05) is 24.4 Å². The molecule has 2 aromatic rings. The lowest BCUT2D eigenvalue weighted by Crippen LogP contribution is -2.10. The Morgan fingerprint density at radius 1 is 1.19 bits per heavy atom. The fraction of sp³-hybridized carbons (Fsp3) is 0.125. The molecule has 0 aliphatic carbocycles. The molecule has 0 aliphatic heterocycles. The van der Waals surface area contributed by atoms with Crippen LogP contribution in [-0.2, 0) is 9.59 Å². The van der Waals surface area contributed by atoms with Gasteiger partial charge in [0.05, 0.1) is 6.26 Å². The minimum Gasteiger partial charge on any atom is -0.465 e. The normalized spacial score (nSPS) is 10.6. The molecule has 5 nitrogen and oxygen atoms in total. The number of furan rings is 1. The molecule has 2 amide bonds. The highest BCUT2D eigenvalue weighted by atomic mass is 16.3. The topological polar surface area (TPSA) is 71.3 Å². The van der Waals surface area contributed by atoms with Gasteiger partial charge < -0.3 is 15.1 Å². The van der Waals surface area contributed by atoms with Gasteiger partial charge >= 0.3 is 0 Å². The molecule has 1 aromatic heterocycles. The summed E-state index contributed by atoms with van der Waals surface area (Å²) in [6.07, 6.45) is 4.53. The predicted octanol–water partition coefficient (Wildman–Crippen LogP) is 3.20. The standard InChI is InChI=1S/C16H16N2O3/c1-11-10-13(5-7-15(11)17-12(2)19)18-16(20)8-6-14-4-3-9-21-14/h3-10H,1-2H3,(H,17,19)(H,18,20). The van der Waals surface area contributed by atoms with Gasteiger partial charge in [-0.3, -0.25) is 9.59 Å². The number of nitrogens with one attached hydrogen (secondary N) is 2. The summed E-state index contributed by atoms with van der Waals surface area (Å²) < 4.78 is 5.10. The number of anilines is 2. The van der Waals surface area contributed by atoms with Crippen LogP contribution < -0.4 is 10.6 Å². The van der Waals surface area contributed by atoms with E-state index in [4.69, 9.17) is 4.42 Å². The van der Waals surface area contributed by atoms with E-state index in [-0.39, 0.29) is 11.8 Å². The largest absolute Gasteiger partial charge is 0.465 e. The summed E-state index contributed by atoms with van der Waals surface area (Å²) in [4.78, 5) is 22.8. The number of carbonyl (C=O) groups is 2. The monoisotopic (exact) mass is 284 g/mol. The van der Waals surface area contributed by atoms with Crippen molar-refractivity contribution in [2.24, 2.45) is 0 Å². The zero-order valence-electron chi connectivity index (χ0n) is 11.8. The maximum absolute atomic E-state index is 11.8. The van der Waals surface area contributed by atoms with Crippen molar-refractivity contribution < 1.29 is 14.0 Å². The quantitative estimate of drug-likeness (QED) is 0.847. The fourth-order valence-electron chi connectivity index (χ4n) is 1.80. The Morgan fingerprint density at radius 3 is 2.62 bits per heavy atom. The summed E-state index contributed by atoms with van der Waals surface area (Å²) in [6.45, 7) is 3.31. The van der Waals surface area contributed by atoms with Gasteiger partial charge in [-0.05, 0) is 48.9 Å². The van der Waals surface area contributed by atoms with Crippen molar-refractivity contribution in [3.8, 4) is 0 Å². The molecular formula is C16H16N2O3. The van der Waals surface area contributed by atoms with Crippen LogP contribution in [0.1, 0.15) is 18.2 Å². The van der Waals surface area contributed by atoms with Crippen LogP contribution in [0.15, 0.2) is 47.1 Å². The van der Waals surface area contributed by atoms with E-state index in [0.29, 0.717) is 11.4 Å². The Morgan fingerprint density at radius 2 is 2.00 bits per heavy atom. The van der Waals surface area contributed by atoms with Crippen molar-refractivity contribution in [3.63, 3.8) is 0 Å². The predicted molar refractivity (Wildman–Crippen MR) is 81.9 cm³/mol. The molecule has 5 heteroatoms. The van der Waals surface area contributed by atoms with Gasteiger partial charge in [0.1, 0.15) is 5.76 Å². The summed E-state index contributed by atoms with van der Waals surface area (Å²) in [5.74, 6) is 0.233. The average molecular weight is 284 g/mol. The van der Waals surface area contributed by atoms with E-state index < -0.39 is 0 Å². The Labute approximate surface area is 122 Å². The van der Waals surface area contributed by atoms with Gasteiger partial charge in [-0.25, -0.2) is 0 Å². The number of hydrogen-bond donors (Lipinski definition) is 2. The lowest BCUT2D eigenvalue weighted by atomic mass is 10.1. The molecular weight excluding hydrogens is 268 g/mol. The van der Waals surface area contributed by atoms with E-state index in [2.05, 4.69) is 10.6 Å². The molecule has 0 fully saturated rings. The smallest absolute Gasteiger partial charge is 0.248 e. The molecule has 0 unspecified atom stereocenters. The Balaban J connectivity index is 2.01. The number of hydrogen-bond acceptors (Lipinski definition) is 3. The van der Waals surface area contributed by atoms with Gasteiger partial charge in [0.25, 0.3) is 0 Å². The SMILES string of the molecule is CC(=O)Nc1ccc(NC(=O)C=Cc2ccco2)cc1C. The number of aryl methyl sites for hydroxylation is 1. The van der Waals surface area contributed by atoms with Crippen molar-refractivity contribution in [3.05, 3.63) is 54.0 Å². The van der Waals surface area contributed by atoms with Crippen LogP contribution in [0.5, 0.6) is 0 Å². The lowest BCUT2D eigenvalue weighted by molar-refractivity contribution is -0.114. The number of benzene rings is 1. The number of carbonyl (C=O) groups excluding carboxylic acids is 2. The third-order valence-electron chi connectivity index (χ3n) is 2.75. The van der Waals surface area contributed by atoms with E-state index in [1.807, 2.05) is 6.92 Å². The maximum Gasteiger partial charge on any atom is 0.248 e. The van der Waals surface area contributed by atoms with E-state index in [1.54, 1.807) is 42.7 Å². The zero-order chi connectivity index (χ0) is 15.2. The summed E-state index contributed by atoms with van der Waals surface area (Å²) in [5, 5.41) is 5.46. The van der Waals surface area contributed by atoms with Crippen molar-refractivity contribution in [2.45, 2.75) is 13.8 Å². The number of amides is 2. The third-order valence-corrected chi connectivity index (χ3v) is 2.75. The molecule has 0 spiro atoms.